The van der Waals surface area contributed by atoms with Crippen molar-refractivity contribution in [3.8, 4) is 5.82 Å². The van der Waals surface area contributed by atoms with Crippen molar-refractivity contribution < 1.29 is 9.53 Å². The molecule has 0 saturated carbocycles. The van der Waals surface area contributed by atoms with Crippen molar-refractivity contribution in [3.05, 3.63) is 23.9 Å². The summed E-state index contributed by atoms with van der Waals surface area (Å²) in [5.74, 6) is 0.975. The van der Waals surface area contributed by atoms with E-state index in [1.165, 1.54) is 10.9 Å². The highest BCUT2D eigenvalue weighted by Gasteiger charge is 2.19. The van der Waals surface area contributed by atoms with Gasteiger partial charge in [-0.1, -0.05) is 0 Å². The molecule has 1 saturated heterocycles. The lowest BCUT2D eigenvalue weighted by atomic mass is 10.3. The Bertz CT molecular complexity index is 705. The minimum absolute atomic E-state index is 0.190. The minimum atomic E-state index is -0.497. The zero-order valence-electron chi connectivity index (χ0n) is 13.8. The van der Waals surface area contributed by atoms with Crippen molar-refractivity contribution in [1.29, 1.82) is 0 Å². The van der Waals surface area contributed by atoms with Crippen LogP contribution in [0.4, 0.5) is 11.6 Å². The average Bonchev–Trinajstić information content (AvgIpc) is 2.98. The highest BCUT2D eigenvalue weighted by Crippen LogP contribution is 2.18. The van der Waals surface area contributed by atoms with Gasteiger partial charge in [0.1, 0.15) is 11.4 Å². The molecule has 2 N–H and O–H groups in total. The number of hydrogen-bond acceptors (Lipinski definition) is 8. The standard InChI is InChI=1S/C15H21N7O2/c1-3-24-15(23)11-10-17-22(14(11)16)13-5-4-12(18-19-13)21-8-6-20(2)7-9-21/h4-5,10H,3,6-9,16H2,1-2H3. The van der Waals surface area contributed by atoms with Crippen LogP contribution in [0.5, 0.6) is 0 Å². The number of carbonyl (C=O) groups excluding carboxylic acids is 1. The molecule has 0 aromatic carbocycles. The van der Waals surface area contributed by atoms with E-state index in [4.69, 9.17) is 10.5 Å². The Morgan fingerprint density at radius 2 is 1.88 bits per heavy atom. The molecule has 0 amide bonds. The summed E-state index contributed by atoms with van der Waals surface area (Å²) in [5, 5.41) is 12.6. The molecule has 128 valence electrons. The molecule has 0 bridgehead atoms. The van der Waals surface area contributed by atoms with Crippen molar-refractivity contribution >= 4 is 17.6 Å². The molecule has 0 atom stereocenters. The summed E-state index contributed by atoms with van der Waals surface area (Å²) >= 11 is 0. The molecule has 1 aliphatic heterocycles. The highest BCUT2D eigenvalue weighted by atomic mass is 16.5. The number of anilines is 2. The third-order valence-corrected chi connectivity index (χ3v) is 3.98. The molecule has 2 aromatic heterocycles. The van der Waals surface area contributed by atoms with Gasteiger partial charge in [-0.2, -0.15) is 9.78 Å². The van der Waals surface area contributed by atoms with E-state index < -0.39 is 5.97 Å². The third kappa shape index (κ3) is 3.16. The summed E-state index contributed by atoms with van der Waals surface area (Å²) < 4.78 is 6.33. The first-order valence-corrected chi connectivity index (χ1v) is 7.88. The summed E-state index contributed by atoms with van der Waals surface area (Å²) in [4.78, 5) is 16.3. The fourth-order valence-corrected chi connectivity index (χ4v) is 2.54. The van der Waals surface area contributed by atoms with Crippen molar-refractivity contribution in [3.63, 3.8) is 0 Å². The molecular formula is C15H21N7O2. The quantitative estimate of drug-likeness (QED) is 0.791. The Kier molecular flexibility index (Phi) is 4.61. The van der Waals surface area contributed by atoms with Gasteiger partial charge in [0.25, 0.3) is 0 Å². The average molecular weight is 331 g/mol. The van der Waals surface area contributed by atoms with E-state index in [2.05, 4.69) is 32.1 Å². The SMILES string of the molecule is CCOC(=O)c1cnn(-c2ccc(N3CCN(C)CC3)nn2)c1N. The molecule has 1 fully saturated rings. The van der Waals surface area contributed by atoms with E-state index in [1.807, 2.05) is 6.07 Å². The first kappa shape index (κ1) is 16.2. The normalized spacial score (nSPS) is 15.5. The largest absolute Gasteiger partial charge is 0.462 e. The number of hydrogen-bond donors (Lipinski definition) is 1. The Morgan fingerprint density at radius 3 is 2.50 bits per heavy atom. The van der Waals surface area contributed by atoms with Gasteiger partial charge in [-0.15, -0.1) is 10.2 Å². The zero-order valence-corrected chi connectivity index (χ0v) is 13.8. The van der Waals surface area contributed by atoms with Crippen LogP contribution < -0.4 is 10.6 Å². The van der Waals surface area contributed by atoms with Gasteiger partial charge in [0, 0.05) is 26.2 Å². The number of esters is 1. The van der Waals surface area contributed by atoms with Gasteiger partial charge >= 0.3 is 5.97 Å². The molecule has 24 heavy (non-hydrogen) atoms. The van der Waals surface area contributed by atoms with Gasteiger partial charge in [-0.05, 0) is 26.1 Å². The second kappa shape index (κ2) is 6.83. The van der Waals surface area contributed by atoms with E-state index in [0.29, 0.717) is 5.82 Å². The lowest BCUT2D eigenvalue weighted by molar-refractivity contribution is 0.0527. The van der Waals surface area contributed by atoms with E-state index >= 15 is 0 Å². The maximum absolute atomic E-state index is 11.8. The Hall–Kier alpha value is -2.68. The maximum Gasteiger partial charge on any atom is 0.343 e. The Balaban J connectivity index is 1.77. The van der Waals surface area contributed by atoms with Crippen LogP contribution in [0.25, 0.3) is 5.82 Å². The molecule has 3 heterocycles. The highest BCUT2D eigenvalue weighted by molar-refractivity contribution is 5.94. The monoisotopic (exact) mass is 331 g/mol. The third-order valence-electron chi connectivity index (χ3n) is 3.98. The van der Waals surface area contributed by atoms with E-state index in [-0.39, 0.29) is 18.0 Å². The molecule has 0 unspecified atom stereocenters. The van der Waals surface area contributed by atoms with Crippen LogP contribution in [-0.4, -0.2) is 70.7 Å². The van der Waals surface area contributed by atoms with Gasteiger partial charge in [-0.25, -0.2) is 4.79 Å². The first-order valence-electron chi connectivity index (χ1n) is 7.88. The second-order valence-electron chi connectivity index (χ2n) is 5.62. The lowest BCUT2D eigenvalue weighted by Gasteiger charge is -2.32. The summed E-state index contributed by atoms with van der Waals surface area (Å²) in [6.45, 7) is 5.85. The fourth-order valence-electron chi connectivity index (χ4n) is 2.54. The van der Waals surface area contributed by atoms with Crippen LogP contribution in [0, 0.1) is 0 Å². The fraction of sp³-hybridized carbons (Fsp3) is 0.467. The predicted molar refractivity (Wildman–Crippen MR) is 89.2 cm³/mol. The van der Waals surface area contributed by atoms with Crippen LogP contribution >= 0.6 is 0 Å². The summed E-state index contributed by atoms with van der Waals surface area (Å²) in [6, 6.07) is 3.68. The van der Waals surface area contributed by atoms with Gasteiger partial charge in [0.05, 0.1) is 12.8 Å². The van der Waals surface area contributed by atoms with Gasteiger partial charge in [-0.3, -0.25) is 0 Å². The van der Waals surface area contributed by atoms with E-state index in [9.17, 15) is 4.79 Å². The maximum atomic E-state index is 11.8. The molecule has 0 radical (unpaired) electrons. The smallest absolute Gasteiger partial charge is 0.343 e. The molecule has 2 aromatic rings. The Morgan fingerprint density at radius 1 is 1.21 bits per heavy atom. The topological polar surface area (TPSA) is 102 Å². The van der Waals surface area contributed by atoms with Crippen LogP contribution in [-0.2, 0) is 4.74 Å². The molecule has 9 heteroatoms. The number of nitrogen functional groups attached to an aromatic ring is 1. The number of nitrogens with two attached hydrogens (primary N) is 1. The number of ether oxygens (including phenoxy) is 1. The second-order valence-corrected chi connectivity index (χ2v) is 5.62. The first-order chi connectivity index (χ1) is 11.6. The number of aromatic nitrogens is 4. The van der Waals surface area contributed by atoms with Crippen LogP contribution in [0.15, 0.2) is 18.3 Å². The summed E-state index contributed by atoms with van der Waals surface area (Å²) in [6.07, 6.45) is 1.38. The van der Waals surface area contributed by atoms with Crippen molar-refractivity contribution in [2.24, 2.45) is 0 Å². The van der Waals surface area contributed by atoms with Crippen molar-refractivity contribution in [2.45, 2.75) is 6.92 Å². The molecule has 1 aliphatic rings. The number of carbonyl (C=O) groups is 1. The van der Waals surface area contributed by atoms with Gasteiger partial charge < -0.3 is 20.3 Å². The van der Waals surface area contributed by atoms with Crippen LogP contribution in [0.3, 0.4) is 0 Å². The lowest BCUT2D eigenvalue weighted by Crippen LogP contribution is -2.44. The van der Waals surface area contributed by atoms with E-state index in [1.54, 1.807) is 13.0 Å². The van der Waals surface area contributed by atoms with Crippen molar-refractivity contribution in [2.75, 3.05) is 50.5 Å². The van der Waals surface area contributed by atoms with Crippen LogP contribution in [0.2, 0.25) is 0 Å². The predicted octanol–water partition coefficient (Wildman–Crippen LogP) is 0.173. The summed E-state index contributed by atoms with van der Waals surface area (Å²) in [5.41, 5.74) is 6.20. The zero-order chi connectivity index (χ0) is 17.1. The van der Waals surface area contributed by atoms with Gasteiger partial charge in [0.2, 0.25) is 0 Å². The Labute approximate surface area is 140 Å². The number of likely N-dealkylation sites (N-methyl/N-ethyl adjacent to an activating group) is 1. The van der Waals surface area contributed by atoms with E-state index in [0.717, 1.165) is 32.0 Å². The minimum Gasteiger partial charge on any atom is -0.462 e. The molecule has 3 rings (SSSR count). The molecule has 0 aliphatic carbocycles. The van der Waals surface area contributed by atoms with Gasteiger partial charge in [0.15, 0.2) is 11.6 Å². The van der Waals surface area contributed by atoms with Crippen molar-refractivity contribution in [1.82, 2.24) is 24.9 Å². The molecular weight excluding hydrogens is 310 g/mol. The number of piperazine rings is 1. The van der Waals surface area contributed by atoms with Crippen LogP contribution in [0.1, 0.15) is 17.3 Å². The molecule has 0 spiro atoms. The number of nitrogens with zero attached hydrogens (tertiary/aromatic N) is 6. The molecule has 9 nitrogen and oxygen atoms in total. The number of rotatable bonds is 4. The summed E-state index contributed by atoms with van der Waals surface area (Å²) in [7, 11) is 2.10.